The second-order valence-corrected chi connectivity index (χ2v) is 8.34. The number of primary amides is 1. The Morgan fingerprint density at radius 3 is 2.73 bits per heavy atom. The summed E-state index contributed by atoms with van der Waals surface area (Å²) in [6, 6.07) is 14.9. The quantitative estimate of drug-likeness (QED) is 0.724. The molecular weight excluding hydrogens is 379 g/mol. The topological polar surface area (TPSA) is 62.5 Å². The number of hydrogen-bond acceptors (Lipinski definition) is 4. The average molecular weight is 404 g/mol. The molecule has 2 aromatic carbocycles. The largest absolute Gasteiger partial charge is 0.364 e. The minimum absolute atomic E-state index is 0.221. The number of nitrogens with two attached hydrogens (primary N) is 1. The van der Waals surface area contributed by atoms with Crippen molar-refractivity contribution >= 4 is 16.8 Å². The van der Waals surface area contributed by atoms with Crippen LogP contribution >= 0.6 is 0 Å². The monoisotopic (exact) mass is 404 g/mol. The van der Waals surface area contributed by atoms with Gasteiger partial charge < -0.3 is 5.73 Å². The van der Waals surface area contributed by atoms with Crippen LogP contribution in [0.1, 0.15) is 28.9 Å². The van der Waals surface area contributed by atoms with Crippen molar-refractivity contribution in [1.29, 1.82) is 0 Å². The fourth-order valence-electron chi connectivity index (χ4n) is 4.82. The predicted molar refractivity (Wildman–Crippen MR) is 116 cm³/mol. The fraction of sp³-hybridized carbons (Fsp3) is 0.333. The van der Waals surface area contributed by atoms with Gasteiger partial charge in [-0.25, -0.2) is 9.37 Å². The zero-order valence-electron chi connectivity index (χ0n) is 16.9. The maximum absolute atomic E-state index is 13.4. The summed E-state index contributed by atoms with van der Waals surface area (Å²) in [5, 5.41) is 0.927. The highest BCUT2D eigenvalue weighted by molar-refractivity contribution is 6.00. The third kappa shape index (κ3) is 3.68. The number of fused-ring (bicyclic) bond motifs is 2. The molecule has 3 aromatic rings. The summed E-state index contributed by atoms with van der Waals surface area (Å²) in [7, 11) is 0. The maximum atomic E-state index is 13.4. The van der Waals surface area contributed by atoms with Crippen molar-refractivity contribution < 1.29 is 9.18 Å². The molecule has 30 heavy (non-hydrogen) atoms. The standard InChI is InChI=1S/C24H25FN4O/c25-18-6-4-17(5-7-18)21-13-23(24(26)30)27-22-12-16(3-8-20(21)22)14-28-10-11-29-9-1-2-19(29)15-28/h3-8,12-13,19H,1-2,9-11,14-15H2,(H2,26,30)/t19-/m1/s1. The normalized spacial score (nSPS) is 19.8. The van der Waals surface area contributed by atoms with E-state index in [1.165, 1.54) is 37.1 Å². The van der Waals surface area contributed by atoms with Gasteiger partial charge in [0, 0.05) is 37.6 Å². The summed E-state index contributed by atoms with van der Waals surface area (Å²) in [6.07, 6.45) is 2.60. The summed E-state index contributed by atoms with van der Waals surface area (Å²) in [5.41, 5.74) is 9.34. The molecule has 1 aromatic heterocycles. The van der Waals surface area contributed by atoms with E-state index in [1.54, 1.807) is 18.2 Å². The van der Waals surface area contributed by atoms with Crippen molar-refractivity contribution in [3.63, 3.8) is 0 Å². The minimum Gasteiger partial charge on any atom is -0.364 e. The number of halogens is 1. The minimum atomic E-state index is -0.567. The van der Waals surface area contributed by atoms with E-state index in [0.29, 0.717) is 6.04 Å². The Bertz CT molecular complexity index is 1100. The van der Waals surface area contributed by atoms with Crippen LogP contribution in [0.25, 0.3) is 22.0 Å². The van der Waals surface area contributed by atoms with Crippen LogP contribution in [-0.4, -0.2) is 52.9 Å². The molecular formula is C24H25FN4O. The van der Waals surface area contributed by atoms with Gasteiger partial charge in [-0.15, -0.1) is 0 Å². The van der Waals surface area contributed by atoms with Gasteiger partial charge in [-0.1, -0.05) is 24.3 Å². The highest BCUT2D eigenvalue weighted by Crippen LogP contribution is 2.30. The summed E-state index contributed by atoms with van der Waals surface area (Å²) in [4.78, 5) is 21.5. The number of benzene rings is 2. The van der Waals surface area contributed by atoms with E-state index in [4.69, 9.17) is 5.73 Å². The lowest BCUT2D eigenvalue weighted by Gasteiger charge is -2.37. The van der Waals surface area contributed by atoms with Crippen LogP contribution < -0.4 is 5.73 Å². The molecule has 0 aliphatic carbocycles. The van der Waals surface area contributed by atoms with E-state index < -0.39 is 5.91 Å². The molecule has 1 amide bonds. The zero-order valence-corrected chi connectivity index (χ0v) is 16.9. The molecule has 2 aliphatic rings. The second-order valence-electron chi connectivity index (χ2n) is 8.34. The smallest absolute Gasteiger partial charge is 0.267 e. The first-order chi connectivity index (χ1) is 14.6. The van der Waals surface area contributed by atoms with E-state index in [9.17, 15) is 9.18 Å². The summed E-state index contributed by atoms with van der Waals surface area (Å²) in [5.74, 6) is -0.861. The summed E-state index contributed by atoms with van der Waals surface area (Å²) >= 11 is 0. The van der Waals surface area contributed by atoms with Crippen LogP contribution in [-0.2, 0) is 6.54 Å². The van der Waals surface area contributed by atoms with Gasteiger partial charge in [0.1, 0.15) is 11.5 Å². The highest BCUT2D eigenvalue weighted by Gasteiger charge is 2.30. The Kier molecular flexibility index (Phi) is 4.97. The van der Waals surface area contributed by atoms with Crippen LogP contribution in [0, 0.1) is 5.82 Å². The lowest BCUT2D eigenvalue weighted by molar-refractivity contribution is 0.0993. The van der Waals surface area contributed by atoms with Gasteiger partial charge >= 0.3 is 0 Å². The van der Waals surface area contributed by atoms with Gasteiger partial charge in [0.15, 0.2) is 0 Å². The van der Waals surface area contributed by atoms with Gasteiger partial charge in [0.2, 0.25) is 0 Å². The molecule has 0 radical (unpaired) electrons. The Morgan fingerprint density at radius 1 is 1.10 bits per heavy atom. The van der Waals surface area contributed by atoms with Crippen LogP contribution in [0.3, 0.4) is 0 Å². The molecule has 154 valence electrons. The van der Waals surface area contributed by atoms with Crippen LogP contribution in [0.4, 0.5) is 4.39 Å². The van der Waals surface area contributed by atoms with Crippen molar-refractivity contribution in [3.8, 4) is 11.1 Å². The zero-order chi connectivity index (χ0) is 20.7. The van der Waals surface area contributed by atoms with Gasteiger partial charge in [-0.05, 0) is 60.3 Å². The van der Waals surface area contributed by atoms with E-state index in [-0.39, 0.29) is 11.5 Å². The highest BCUT2D eigenvalue weighted by atomic mass is 19.1. The Hall–Kier alpha value is -2.83. The molecule has 0 spiro atoms. The SMILES string of the molecule is NC(=O)c1cc(-c2ccc(F)cc2)c2ccc(CN3CCN4CCC[C@@H]4C3)cc2n1. The number of carbonyl (C=O) groups excluding carboxylic acids is 1. The second kappa shape index (κ2) is 7.78. The molecule has 5 rings (SSSR count). The molecule has 6 heteroatoms. The predicted octanol–water partition coefficient (Wildman–Crippen LogP) is 3.42. The summed E-state index contributed by atoms with van der Waals surface area (Å²) < 4.78 is 13.4. The van der Waals surface area contributed by atoms with Crippen LogP contribution in [0.2, 0.25) is 0 Å². The first kappa shape index (κ1) is 19.2. The number of nitrogens with zero attached hydrogens (tertiary/aromatic N) is 3. The Balaban J connectivity index is 1.49. The average Bonchev–Trinajstić information content (AvgIpc) is 3.21. The number of hydrogen-bond donors (Lipinski definition) is 1. The van der Waals surface area contributed by atoms with E-state index in [1.807, 2.05) is 6.07 Å². The van der Waals surface area contributed by atoms with Crippen molar-refractivity contribution in [2.75, 3.05) is 26.2 Å². The van der Waals surface area contributed by atoms with E-state index in [2.05, 4.69) is 26.9 Å². The lowest BCUT2D eigenvalue weighted by atomic mass is 9.98. The number of rotatable bonds is 4. The number of amides is 1. The van der Waals surface area contributed by atoms with Crippen molar-refractivity contribution in [1.82, 2.24) is 14.8 Å². The summed E-state index contributed by atoms with van der Waals surface area (Å²) in [6.45, 7) is 5.42. The molecule has 5 nitrogen and oxygen atoms in total. The number of piperazine rings is 1. The molecule has 2 saturated heterocycles. The molecule has 2 fully saturated rings. The van der Waals surface area contributed by atoms with E-state index >= 15 is 0 Å². The molecule has 0 unspecified atom stereocenters. The Morgan fingerprint density at radius 2 is 1.93 bits per heavy atom. The van der Waals surface area contributed by atoms with Gasteiger partial charge in [0.05, 0.1) is 5.52 Å². The number of pyridine rings is 1. The van der Waals surface area contributed by atoms with Gasteiger partial charge in [-0.2, -0.15) is 0 Å². The van der Waals surface area contributed by atoms with Gasteiger partial charge in [0.25, 0.3) is 5.91 Å². The van der Waals surface area contributed by atoms with E-state index in [0.717, 1.165) is 48.2 Å². The first-order valence-corrected chi connectivity index (χ1v) is 10.5. The first-order valence-electron chi connectivity index (χ1n) is 10.5. The number of aromatic nitrogens is 1. The molecule has 2 aliphatic heterocycles. The lowest BCUT2D eigenvalue weighted by Crippen LogP contribution is -2.49. The van der Waals surface area contributed by atoms with Crippen LogP contribution in [0.15, 0.2) is 48.5 Å². The van der Waals surface area contributed by atoms with Crippen molar-refractivity contribution in [3.05, 3.63) is 65.6 Å². The molecule has 0 bridgehead atoms. The molecule has 0 saturated carbocycles. The van der Waals surface area contributed by atoms with Gasteiger partial charge in [-0.3, -0.25) is 14.6 Å². The number of carbonyl (C=O) groups is 1. The molecule has 2 N–H and O–H groups in total. The van der Waals surface area contributed by atoms with Crippen LogP contribution in [0.5, 0.6) is 0 Å². The third-order valence-electron chi connectivity index (χ3n) is 6.36. The van der Waals surface area contributed by atoms with Crippen molar-refractivity contribution in [2.45, 2.75) is 25.4 Å². The molecule has 3 heterocycles. The Labute approximate surface area is 175 Å². The third-order valence-corrected chi connectivity index (χ3v) is 6.36. The molecule has 1 atom stereocenters. The fourth-order valence-corrected chi connectivity index (χ4v) is 4.82. The maximum Gasteiger partial charge on any atom is 0.267 e. The van der Waals surface area contributed by atoms with Crippen molar-refractivity contribution in [2.24, 2.45) is 5.73 Å².